The maximum atomic E-state index is 11.9. The molecule has 104 valence electrons. The second-order valence-electron chi connectivity index (χ2n) is 4.84. The van der Waals surface area contributed by atoms with Gasteiger partial charge < -0.3 is 5.32 Å². The highest BCUT2D eigenvalue weighted by Gasteiger charge is 2.04. The highest BCUT2D eigenvalue weighted by atomic mass is 32.2. The Kier molecular flexibility index (Phi) is 5.24. The zero-order valence-electron chi connectivity index (χ0n) is 11.8. The number of rotatable bonds is 5. The van der Waals surface area contributed by atoms with Crippen molar-refractivity contribution in [2.45, 2.75) is 25.2 Å². The molecule has 0 aliphatic heterocycles. The minimum absolute atomic E-state index is 0.0680. The van der Waals surface area contributed by atoms with E-state index in [1.807, 2.05) is 44.2 Å². The molecule has 2 nitrogen and oxygen atoms in total. The molecule has 0 fully saturated rings. The van der Waals surface area contributed by atoms with Crippen LogP contribution in [0.15, 0.2) is 53.4 Å². The summed E-state index contributed by atoms with van der Waals surface area (Å²) in [6.45, 7) is 4.07. The second-order valence-corrected chi connectivity index (χ2v) is 6.00. The van der Waals surface area contributed by atoms with E-state index in [2.05, 4.69) is 23.5 Å². The largest absolute Gasteiger partial charge is 0.326 e. The molecule has 0 atom stereocenters. The Labute approximate surface area is 124 Å². The lowest BCUT2D eigenvalue weighted by Gasteiger charge is -2.07. The first kappa shape index (κ1) is 14.7. The summed E-state index contributed by atoms with van der Waals surface area (Å²) in [6, 6.07) is 16.2. The summed E-state index contributed by atoms with van der Waals surface area (Å²) in [5.74, 6) is 0.860. The molecule has 0 spiro atoms. The molecule has 0 aliphatic rings. The van der Waals surface area contributed by atoms with Crippen LogP contribution in [0.1, 0.15) is 17.5 Å². The van der Waals surface area contributed by atoms with Gasteiger partial charge in [-0.1, -0.05) is 24.3 Å². The van der Waals surface area contributed by atoms with Gasteiger partial charge in [-0.25, -0.2) is 0 Å². The van der Waals surface area contributed by atoms with E-state index >= 15 is 0 Å². The van der Waals surface area contributed by atoms with Gasteiger partial charge in [-0.15, -0.1) is 11.8 Å². The van der Waals surface area contributed by atoms with Crippen molar-refractivity contribution >= 4 is 23.4 Å². The lowest BCUT2D eigenvalue weighted by atomic mass is 10.1. The quantitative estimate of drug-likeness (QED) is 0.824. The van der Waals surface area contributed by atoms with Gasteiger partial charge in [0.1, 0.15) is 0 Å². The molecule has 2 aromatic carbocycles. The van der Waals surface area contributed by atoms with Crippen LogP contribution in [0.25, 0.3) is 0 Å². The molecule has 0 saturated carbocycles. The number of aryl methyl sites for hydroxylation is 2. The molecule has 1 amide bonds. The summed E-state index contributed by atoms with van der Waals surface area (Å²) in [6.07, 6.45) is 0.520. The second kappa shape index (κ2) is 7.15. The van der Waals surface area contributed by atoms with E-state index in [1.54, 1.807) is 11.8 Å². The minimum atomic E-state index is 0.0680. The van der Waals surface area contributed by atoms with Crippen LogP contribution in [0.2, 0.25) is 0 Å². The summed E-state index contributed by atoms with van der Waals surface area (Å²) in [7, 11) is 0. The first-order valence-corrected chi connectivity index (χ1v) is 7.68. The van der Waals surface area contributed by atoms with Gasteiger partial charge in [0.25, 0.3) is 0 Å². The van der Waals surface area contributed by atoms with Crippen molar-refractivity contribution in [1.82, 2.24) is 0 Å². The SMILES string of the molecule is Cc1cc(C)cc(NC(=O)CCSc2ccccc2)c1. The van der Waals surface area contributed by atoms with Gasteiger partial charge in [-0.3, -0.25) is 4.79 Å². The number of carbonyl (C=O) groups is 1. The smallest absolute Gasteiger partial charge is 0.225 e. The first-order valence-electron chi connectivity index (χ1n) is 6.69. The standard InChI is InChI=1S/C17H19NOS/c1-13-10-14(2)12-15(11-13)18-17(19)8-9-20-16-6-4-3-5-7-16/h3-7,10-12H,8-9H2,1-2H3,(H,18,19). The normalized spacial score (nSPS) is 10.3. The van der Waals surface area contributed by atoms with E-state index in [-0.39, 0.29) is 5.91 Å². The fraction of sp³-hybridized carbons (Fsp3) is 0.235. The summed E-state index contributed by atoms with van der Waals surface area (Å²) < 4.78 is 0. The molecule has 2 aromatic rings. The van der Waals surface area contributed by atoms with E-state index in [0.29, 0.717) is 6.42 Å². The Morgan fingerprint density at radius 3 is 2.35 bits per heavy atom. The summed E-state index contributed by atoms with van der Waals surface area (Å²) in [5.41, 5.74) is 3.22. The van der Waals surface area contributed by atoms with E-state index in [9.17, 15) is 4.79 Å². The zero-order valence-corrected chi connectivity index (χ0v) is 12.7. The van der Waals surface area contributed by atoms with E-state index < -0.39 is 0 Å². The van der Waals surface area contributed by atoms with Crippen molar-refractivity contribution < 1.29 is 4.79 Å². The molecular formula is C17H19NOS. The number of benzene rings is 2. The maximum absolute atomic E-state index is 11.9. The Balaban J connectivity index is 1.81. The number of anilines is 1. The molecule has 0 aliphatic carbocycles. The monoisotopic (exact) mass is 285 g/mol. The van der Waals surface area contributed by atoms with Crippen LogP contribution in [0.5, 0.6) is 0 Å². The molecule has 20 heavy (non-hydrogen) atoms. The van der Waals surface area contributed by atoms with Gasteiger partial charge in [0.15, 0.2) is 0 Å². The van der Waals surface area contributed by atoms with Crippen LogP contribution >= 0.6 is 11.8 Å². The van der Waals surface area contributed by atoms with Crippen LogP contribution in [0, 0.1) is 13.8 Å². The number of hydrogen-bond donors (Lipinski definition) is 1. The van der Waals surface area contributed by atoms with E-state index in [4.69, 9.17) is 0 Å². The number of thioether (sulfide) groups is 1. The van der Waals surface area contributed by atoms with Crippen LogP contribution in [-0.2, 0) is 4.79 Å². The number of carbonyl (C=O) groups excluding carboxylic acids is 1. The van der Waals surface area contributed by atoms with Crippen molar-refractivity contribution in [2.24, 2.45) is 0 Å². The molecule has 0 heterocycles. The van der Waals surface area contributed by atoms with Crippen LogP contribution in [-0.4, -0.2) is 11.7 Å². The zero-order chi connectivity index (χ0) is 14.4. The summed E-state index contributed by atoms with van der Waals surface area (Å²) in [4.78, 5) is 13.1. The third kappa shape index (κ3) is 4.74. The Hall–Kier alpha value is -1.74. The van der Waals surface area contributed by atoms with Crippen molar-refractivity contribution in [3.05, 3.63) is 59.7 Å². The fourth-order valence-corrected chi connectivity index (χ4v) is 2.92. The summed E-state index contributed by atoms with van der Waals surface area (Å²) >= 11 is 1.70. The van der Waals surface area contributed by atoms with Crippen LogP contribution in [0.3, 0.4) is 0 Å². The Bertz CT molecular complexity index is 561. The maximum Gasteiger partial charge on any atom is 0.225 e. The average Bonchev–Trinajstić information content (AvgIpc) is 2.38. The molecule has 0 radical (unpaired) electrons. The highest BCUT2D eigenvalue weighted by Crippen LogP contribution is 2.18. The molecule has 0 unspecified atom stereocenters. The molecule has 1 N–H and O–H groups in total. The molecule has 0 aromatic heterocycles. The fourth-order valence-electron chi connectivity index (χ4n) is 2.05. The lowest BCUT2D eigenvalue weighted by molar-refractivity contribution is -0.115. The molecule has 0 saturated heterocycles. The number of hydrogen-bond acceptors (Lipinski definition) is 2. The van der Waals surface area contributed by atoms with Crippen molar-refractivity contribution in [1.29, 1.82) is 0 Å². The molecule has 0 bridgehead atoms. The van der Waals surface area contributed by atoms with Crippen LogP contribution in [0.4, 0.5) is 5.69 Å². The average molecular weight is 285 g/mol. The number of amides is 1. The van der Waals surface area contributed by atoms with Gasteiger partial charge in [-0.2, -0.15) is 0 Å². The van der Waals surface area contributed by atoms with E-state index in [1.165, 1.54) is 16.0 Å². The predicted molar refractivity (Wildman–Crippen MR) is 86.3 cm³/mol. The van der Waals surface area contributed by atoms with Gasteiger partial charge in [-0.05, 0) is 49.2 Å². The lowest BCUT2D eigenvalue weighted by Crippen LogP contribution is -2.12. The first-order chi connectivity index (χ1) is 9.63. The topological polar surface area (TPSA) is 29.1 Å². The Morgan fingerprint density at radius 2 is 1.70 bits per heavy atom. The molecule has 3 heteroatoms. The highest BCUT2D eigenvalue weighted by molar-refractivity contribution is 7.99. The third-order valence-corrected chi connectivity index (χ3v) is 3.86. The Morgan fingerprint density at radius 1 is 1.05 bits per heavy atom. The van der Waals surface area contributed by atoms with Gasteiger partial charge in [0.05, 0.1) is 0 Å². The van der Waals surface area contributed by atoms with Crippen molar-refractivity contribution in [2.75, 3.05) is 11.1 Å². The van der Waals surface area contributed by atoms with Crippen molar-refractivity contribution in [3.8, 4) is 0 Å². The summed E-state index contributed by atoms with van der Waals surface area (Å²) in [5, 5.41) is 2.96. The third-order valence-electron chi connectivity index (χ3n) is 2.85. The minimum Gasteiger partial charge on any atom is -0.326 e. The van der Waals surface area contributed by atoms with Gasteiger partial charge >= 0.3 is 0 Å². The predicted octanol–water partition coefficient (Wildman–Crippen LogP) is 4.42. The molecule has 2 rings (SSSR count). The van der Waals surface area contributed by atoms with Gasteiger partial charge in [0.2, 0.25) is 5.91 Å². The van der Waals surface area contributed by atoms with Crippen molar-refractivity contribution in [3.63, 3.8) is 0 Å². The van der Waals surface area contributed by atoms with E-state index in [0.717, 1.165) is 11.4 Å². The van der Waals surface area contributed by atoms with Gasteiger partial charge in [0, 0.05) is 22.8 Å². The molecular weight excluding hydrogens is 266 g/mol. The number of nitrogens with one attached hydrogen (secondary N) is 1. The van der Waals surface area contributed by atoms with Crippen LogP contribution < -0.4 is 5.32 Å².